The van der Waals surface area contributed by atoms with Crippen molar-refractivity contribution in [3.63, 3.8) is 0 Å². The van der Waals surface area contributed by atoms with Crippen molar-refractivity contribution >= 4 is 23.0 Å². The van der Waals surface area contributed by atoms with Gasteiger partial charge in [0.25, 0.3) is 0 Å². The van der Waals surface area contributed by atoms with Crippen LogP contribution in [0.25, 0.3) is 22.2 Å². The highest BCUT2D eigenvalue weighted by molar-refractivity contribution is 5.90. The number of methoxy groups -OCH3 is 2. The summed E-state index contributed by atoms with van der Waals surface area (Å²) in [5.74, 6) is 1.26. The Labute approximate surface area is 239 Å². The standard InChI is InChI=1S/C30H37N5O6/c1-30(2,3)41-29(37)35-19-12-20(35)16-34(15-19)14-18-9-21(18)28(36)40-25-11-17-10-22(33(4)23(17)13-32-25)26-24(38-5)7-8-31-27(26)39-6/h7-8,10-11,13,18-21H,9,12,14-16H2,1-6H3/t18-,19?,20?,21+/m1/s1. The molecule has 3 aromatic heterocycles. The average Bonchev–Trinajstić information content (AvgIpc) is 3.61. The molecule has 11 heteroatoms. The number of aryl methyl sites for hydroxylation is 1. The monoisotopic (exact) mass is 563 g/mol. The summed E-state index contributed by atoms with van der Waals surface area (Å²) in [6, 6.07) is 5.93. The minimum atomic E-state index is -0.495. The summed E-state index contributed by atoms with van der Waals surface area (Å²) in [6.07, 6.45) is 4.94. The largest absolute Gasteiger partial charge is 0.496 e. The minimum Gasteiger partial charge on any atom is -0.496 e. The number of rotatable bonds is 7. The van der Waals surface area contributed by atoms with E-state index in [1.165, 1.54) is 0 Å². The first-order chi connectivity index (χ1) is 19.6. The van der Waals surface area contributed by atoms with Crippen LogP contribution in [0.5, 0.6) is 17.5 Å². The van der Waals surface area contributed by atoms with Crippen LogP contribution >= 0.6 is 0 Å². The molecule has 4 aliphatic rings. The summed E-state index contributed by atoms with van der Waals surface area (Å²) in [5.41, 5.74) is 1.96. The van der Waals surface area contributed by atoms with Crippen LogP contribution in [0.4, 0.5) is 4.79 Å². The molecule has 0 aromatic carbocycles. The van der Waals surface area contributed by atoms with E-state index < -0.39 is 5.60 Å². The minimum absolute atomic E-state index is 0.136. The summed E-state index contributed by atoms with van der Waals surface area (Å²) in [4.78, 5) is 38.5. The fourth-order valence-corrected chi connectivity index (χ4v) is 6.20. The van der Waals surface area contributed by atoms with E-state index in [0.29, 0.717) is 11.6 Å². The van der Waals surface area contributed by atoms with Gasteiger partial charge in [-0.05, 0) is 51.7 Å². The van der Waals surface area contributed by atoms with E-state index in [9.17, 15) is 9.59 Å². The second-order valence-corrected chi connectivity index (χ2v) is 12.2. The van der Waals surface area contributed by atoms with Crippen LogP contribution in [0.1, 0.15) is 33.6 Å². The Bertz CT molecular complexity index is 1460. The van der Waals surface area contributed by atoms with Crippen molar-refractivity contribution in [2.45, 2.75) is 51.3 Å². The van der Waals surface area contributed by atoms with Gasteiger partial charge in [-0.1, -0.05) is 0 Å². The smallest absolute Gasteiger partial charge is 0.410 e. The van der Waals surface area contributed by atoms with Gasteiger partial charge in [-0.3, -0.25) is 14.6 Å². The molecule has 6 heterocycles. The highest BCUT2D eigenvalue weighted by Gasteiger charge is 2.51. The maximum atomic E-state index is 13.0. The molecular weight excluding hydrogens is 526 g/mol. The number of nitrogens with zero attached hydrogens (tertiary/aromatic N) is 5. The summed E-state index contributed by atoms with van der Waals surface area (Å²) in [5, 5.41) is 0.877. The number of piperazine rings is 1. The van der Waals surface area contributed by atoms with E-state index in [-0.39, 0.29) is 41.9 Å². The molecule has 0 spiro atoms. The van der Waals surface area contributed by atoms with E-state index in [1.54, 1.807) is 38.7 Å². The van der Waals surface area contributed by atoms with Gasteiger partial charge in [-0.15, -0.1) is 0 Å². The van der Waals surface area contributed by atoms with Crippen molar-refractivity contribution in [3.8, 4) is 28.8 Å². The second kappa shape index (κ2) is 10.2. The number of ether oxygens (including phenoxy) is 4. The molecule has 0 radical (unpaired) electrons. The fraction of sp³-hybridized carbons (Fsp3) is 0.533. The Kier molecular flexibility index (Phi) is 6.80. The van der Waals surface area contributed by atoms with Gasteiger partial charge < -0.3 is 23.5 Å². The number of carbonyl (C=O) groups is 2. The third-order valence-corrected chi connectivity index (χ3v) is 8.25. The van der Waals surface area contributed by atoms with Crippen LogP contribution in [0.15, 0.2) is 30.6 Å². The van der Waals surface area contributed by atoms with Crippen molar-refractivity contribution in [3.05, 3.63) is 30.6 Å². The zero-order valence-electron chi connectivity index (χ0n) is 24.4. The van der Waals surface area contributed by atoms with Crippen molar-refractivity contribution in [1.29, 1.82) is 0 Å². The molecule has 1 saturated carbocycles. The molecule has 0 N–H and O–H groups in total. The number of hydrogen-bond donors (Lipinski definition) is 0. The number of esters is 1. The lowest BCUT2D eigenvalue weighted by atomic mass is 9.88. The van der Waals surface area contributed by atoms with E-state index in [1.807, 2.05) is 43.4 Å². The van der Waals surface area contributed by atoms with Gasteiger partial charge >= 0.3 is 12.1 Å². The molecule has 2 bridgehead atoms. The maximum absolute atomic E-state index is 13.0. The van der Waals surface area contributed by atoms with Gasteiger partial charge in [0.05, 0.1) is 49.6 Å². The van der Waals surface area contributed by atoms with Crippen molar-refractivity contribution < 1.29 is 28.5 Å². The molecule has 3 saturated heterocycles. The fourth-order valence-electron chi connectivity index (χ4n) is 6.20. The zero-order chi connectivity index (χ0) is 29.1. The van der Waals surface area contributed by atoms with Gasteiger partial charge in [0.2, 0.25) is 11.8 Å². The predicted molar refractivity (Wildman–Crippen MR) is 151 cm³/mol. The molecule has 1 amide bonds. The predicted octanol–water partition coefficient (Wildman–Crippen LogP) is 3.89. The highest BCUT2D eigenvalue weighted by Crippen LogP contribution is 2.43. The van der Waals surface area contributed by atoms with Gasteiger partial charge in [0.1, 0.15) is 16.9 Å². The number of hydrogen-bond acceptors (Lipinski definition) is 9. The molecule has 41 heavy (non-hydrogen) atoms. The number of carbonyl (C=O) groups excluding carboxylic acids is 2. The van der Waals surface area contributed by atoms with Gasteiger partial charge in [-0.25, -0.2) is 14.8 Å². The quantitative estimate of drug-likeness (QED) is 0.396. The summed E-state index contributed by atoms with van der Waals surface area (Å²) >= 11 is 0. The molecule has 1 aliphatic carbocycles. The SMILES string of the molecule is COc1ccnc(OC)c1-c1cc2cc(OC(=O)[C@H]3C[C@@H]3CN3CC4CC(C3)N4C(=O)OC(C)(C)C)ncc2n1C. The van der Waals surface area contributed by atoms with Crippen LogP contribution in [0, 0.1) is 11.8 Å². The number of piperidine rings is 1. The molecule has 7 rings (SSSR count). The lowest BCUT2D eigenvalue weighted by Gasteiger charge is -2.56. The van der Waals surface area contributed by atoms with E-state index in [4.69, 9.17) is 18.9 Å². The van der Waals surface area contributed by atoms with Crippen LogP contribution in [-0.2, 0) is 16.6 Å². The number of pyridine rings is 2. The molecule has 2 unspecified atom stereocenters. The Hall–Kier alpha value is -3.86. The third-order valence-electron chi connectivity index (χ3n) is 8.25. The van der Waals surface area contributed by atoms with E-state index >= 15 is 0 Å². The Morgan fingerprint density at radius 1 is 1.05 bits per heavy atom. The van der Waals surface area contributed by atoms with E-state index in [2.05, 4.69) is 14.9 Å². The zero-order valence-corrected chi connectivity index (χ0v) is 24.4. The van der Waals surface area contributed by atoms with Crippen LogP contribution in [0.2, 0.25) is 0 Å². The average molecular weight is 564 g/mol. The first-order valence-electron chi connectivity index (χ1n) is 14.0. The van der Waals surface area contributed by atoms with E-state index in [0.717, 1.165) is 54.6 Å². The van der Waals surface area contributed by atoms with Crippen molar-refractivity contribution in [2.75, 3.05) is 33.9 Å². The highest BCUT2D eigenvalue weighted by atomic mass is 16.6. The molecule has 11 nitrogen and oxygen atoms in total. The maximum Gasteiger partial charge on any atom is 0.410 e. The van der Waals surface area contributed by atoms with Crippen LogP contribution in [-0.4, -0.2) is 87.9 Å². The molecule has 4 atom stereocenters. The number of fused-ring (bicyclic) bond motifs is 3. The Morgan fingerprint density at radius 2 is 1.80 bits per heavy atom. The number of aromatic nitrogens is 3. The lowest BCUT2D eigenvalue weighted by molar-refractivity contribution is -0.136. The van der Waals surface area contributed by atoms with Crippen LogP contribution in [0.3, 0.4) is 0 Å². The molecule has 3 aliphatic heterocycles. The topological polar surface area (TPSA) is 108 Å². The summed E-state index contributed by atoms with van der Waals surface area (Å²) < 4.78 is 24.3. The Morgan fingerprint density at radius 3 is 2.49 bits per heavy atom. The first kappa shape index (κ1) is 27.3. The van der Waals surface area contributed by atoms with Crippen LogP contribution < -0.4 is 14.2 Å². The molecule has 218 valence electrons. The van der Waals surface area contributed by atoms with Gasteiger partial charge in [0, 0.05) is 44.3 Å². The number of amides is 1. The van der Waals surface area contributed by atoms with Crippen molar-refractivity contribution in [1.82, 2.24) is 24.3 Å². The Balaban J connectivity index is 1.07. The van der Waals surface area contributed by atoms with Crippen molar-refractivity contribution in [2.24, 2.45) is 18.9 Å². The first-order valence-corrected chi connectivity index (χ1v) is 14.0. The summed E-state index contributed by atoms with van der Waals surface area (Å²) in [6.45, 7) is 8.13. The molecular formula is C30H37N5O6. The van der Waals surface area contributed by atoms with Gasteiger partial charge in [0.15, 0.2) is 0 Å². The van der Waals surface area contributed by atoms with Gasteiger partial charge in [-0.2, -0.15) is 0 Å². The third kappa shape index (κ3) is 5.18. The molecule has 3 aromatic rings. The lowest BCUT2D eigenvalue weighted by Crippen LogP contribution is -2.70. The molecule has 4 fully saturated rings. The second-order valence-electron chi connectivity index (χ2n) is 12.2. The normalized spacial score (nSPS) is 23.6. The summed E-state index contributed by atoms with van der Waals surface area (Å²) in [7, 11) is 5.12.